The Morgan fingerprint density at radius 1 is 1.17 bits per heavy atom. The number of hydrogen-bond acceptors (Lipinski definition) is 4. The molecule has 0 unspecified atom stereocenters. The SMILES string of the molecule is Fc1cc(F)cc(Nc2ncc3c(n2)N(CC2CC2)CC=C3)c1. The Labute approximate surface area is 132 Å². The summed E-state index contributed by atoms with van der Waals surface area (Å²) >= 11 is 0. The Morgan fingerprint density at radius 2 is 1.96 bits per heavy atom. The van der Waals surface area contributed by atoms with Crippen molar-refractivity contribution in [3.8, 4) is 0 Å². The highest BCUT2D eigenvalue weighted by atomic mass is 19.1. The van der Waals surface area contributed by atoms with Crippen LogP contribution in [0.1, 0.15) is 18.4 Å². The van der Waals surface area contributed by atoms with E-state index in [2.05, 4.69) is 26.3 Å². The highest BCUT2D eigenvalue weighted by Crippen LogP contribution is 2.33. The molecule has 0 radical (unpaired) electrons. The average molecular weight is 314 g/mol. The van der Waals surface area contributed by atoms with E-state index in [-0.39, 0.29) is 0 Å². The lowest BCUT2D eigenvalue weighted by molar-refractivity contribution is 0.584. The first kappa shape index (κ1) is 14.1. The van der Waals surface area contributed by atoms with Gasteiger partial charge in [-0.15, -0.1) is 0 Å². The van der Waals surface area contributed by atoms with Gasteiger partial charge in [0.05, 0.1) is 0 Å². The van der Waals surface area contributed by atoms with Crippen LogP contribution in [0.5, 0.6) is 0 Å². The maximum Gasteiger partial charge on any atom is 0.229 e. The van der Waals surface area contributed by atoms with Crippen LogP contribution >= 0.6 is 0 Å². The summed E-state index contributed by atoms with van der Waals surface area (Å²) < 4.78 is 26.6. The maximum absolute atomic E-state index is 13.3. The largest absolute Gasteiger partial charge is 0.352 e. The predicted molar refractivity (Wildman–Crippen MR) is 85.6 cm³/mol. The number of rotatable bonds is 4. The quantitative estimate of drug-likeness (QED) is 0.933. The Bertz CT molecular complexity index is 751. The van der Waals surface area contributed by atoms with Crippen LogP contribution in [-0.2, 0) is 0 Å². The maximum atomic E-state index is 13.3. The van der Waals surface area contributed by atoms with Gasteiger partial charge in [-0.25, -0.2) is 13.8 Å². The van der Waals surface area contributed by atoms with Gasteiger partial charge in [0, 0.05) is 36.6 Å². The minimum absolute atomic E-state index is 0.294. The second-order valence-corrected chi connectivity index (χ2v) is 6.01. The summed E-state index contributed by atoms with van der Waals surface area (Å²) in [5.41, 5.74) is 1.26. The van der Waals surface area contributed by atoms with Gasteiger partial charge in [0.25, 0.3) is 0 Å². The van der Waals surface area contributed by atoms with E-state index in [0.29, 0.717) is 11.6 Å². The summed E-state index contributed by atoms with van der Waals surface area (Å²) in [6.45, 7) is 1.82. The zero-order valence-corrected chi connectivity index (χ0v) is 12.5. The minimum atomic E-state index is -0.635. The van der Waals surface area contributed by atoms with Crippen LogP contribution in [0.2, 0.25) is 0 Å². The van der Waals surface area contributed by atoms with Gasteiger partial charge in [-0.1, -0.05) is 12.2 Å². The van der Waals surface area contributed by atoms with Crippen LogP contribution in [0.15, 0.2) is 30.5 Å². The standard InChI is InChI=1S/C17H16F2N4/c18-13-6-14(19)8-15(7-13)21-17-20-9-12-2-1-5-23(16(12)22-17)10-11-3-4-11/h1-2,6-9,11H,3-5,10H2,(H,20,21,22). The summed E-state index contributed by atoms with van der Waals surface area (Å²) in [4.78, 5) is 11.0. The van der Waals surface area contributed by atoms with Gasteiger partial charge in [0.1, 0.15) is 17.5 Å². The third-order valence-electron chi connectivity index (χ3n) is 4.01. The van der Waals surface area contributed by atoms with Crippen molar-refractivity contribution in [2.24, 2.45) is 5.92 Å². The highest BCUT2D eigenvalue weighted by Gasteiger charge is 2.26. The van der Waals surface area contributed by atoms with E-state index in [1.54, 1.807) is 6.20 Å². The zero-order chi connectivity index (χ0) is 15.8. The minimum Gasteiger partial charge on any atom is -0.352 e. The van der Waals surface area contributed by atoms with Gasteiger partial charge in [-0.05, 0) is 30.9 Å². The molecule has 0 amide bonds. The Kier molecular flexibility index (Phi) is 3.44. The molecule has 1 aliphatic carbocycles. The van der Waals surface area contributed by atoms with E-state index in [1.807, 2.05) is 6.08 Å². The van der Waals surface area contributed by atoms with E-state index >= 15 is 0 Å². The topological polar surface area (TPSA) is 41.1 Å². The van der Waals surface area contributed by atoms with Crippen molar-refractivity contribution < 1.29 is 8.78 Å². The average Bonchev–Trinajstić information content (AvgIpc) is 3.31. The number of nitrogens with one attached hydrogen (secondary N) is 1. The van der Waals surface area contributed by atoms with E-state index in [0.717, 1.165) is 36.5 Å². The van der Waals surface area contributed by atoms with Crippen LogP contribution in [0.3, 0.4) is 0 Å². The number of hydrogen-bond donors (Lipinski definition) is 1. The molecule has 0 saturated heterocycles. The smallest absolute Gasteiger partial charge is 0.229 e. The van der Waals surface area contributed by atoms with Crippen molar-refractivity contribution in [1.29, 1.82) is 0 Å². The molecule has 0 spiro atoms. The fraction of sp³-hybridized carbons (Fsp3) is 0.294. The lowest BCUT2D eigenvalue weighted by Crippen LogP contribution is -2.29. The number of anilines is 3. The molecule has 2 aromatic rings. The molecule has 118 valence electrons. The number of aromatic nitrogens is 2. The molecule has 1 saturated carbocycles. The summed E-state index contributed by atoms with van der Waals surface area (Å²) in [7, 11) is 0. The lowest BCUT2D eigenvalue weighted by atomic mass is 10.2. The Morgan fingerprint density at radius 3 is 2.70 bits per heavy atom. The third-order valence-corrected chi connectivity index (χ3v) is 4.01. The van der Waals surface area contributed by atoms with Crippen LogP contribution < -0.4 is 10.2 Å². The fourth-order valence-corrected chi connectivity index (χ4v) is 2.73. The van der Waals surface area contributed by atoms with Crippen LogP contribution in [0.25, 0.3) is 6.08 Å². The summed E-state index contributed by atoms with van der Waals surface area (Å²) in [6, 6.07) is 3.27. The number of nitrogens with zero attached hydrogens (tertiary/aromatic N) is 3. The molecule has 0 atom stereocenters. The van der Waals surface area contributed by atoms with E-state index in [9.17, 15) is 8.78 Å². The van der Waals surface area contributed by atoms with E-state index < -0.39 is 11.6 Å². The van der Waals surface area contributed by atoms with Gasteiger partial charge in [-0.2, -0.15) is 4.98 Å². The molecule has 0 bridgehead atoms. The van der Waals surface area contributed by atoms with Crippen molar-refractivity contribution >= 4 is 23.5 Å². The fourth-order valence-electron chi connectivity index (χ4n) is 2.73. The Hall–Kier alpha value is -2.50. The zero-order valence-electron chi connectivity index (χ0n) is 12.5. The Balaban J connectivity index is 1.61. The van der Waals surface area contributed by atoms with Gasteiger partial charge in [-0.3, -0.25) is 0 Å². The summed E-state index contributed by atoms with van der Waals surface area (Å²) in [5.74, 6) is 0.684. The van der Waals surface area contributed by atoms with Crippen LogP contribution in [0, 0.1) is 17.6 Å². The van der Waals surface area contributed by atoms with Crippen molar-refractivity contribution in [2.75, 3.05) is 23.3 Å². The predicted octanol–water partition coefficient (Wildman–Crippen LogP) is 3.74. The first-order valence-electron chi connectivity index (χ1n) is 7.69. The molecule has 4 rings (SSSR count). The normalized spacial score (nSPS) is 16.3. The molecule has 1 aromatic carbocycles. The molecule has 4 nitrogen and oxygen atoms in total. The van der Waals surface area contributed by atoms with Gasteiger partial charge in [0.15, 0.2) is 0 Å². The van der Waals surface area contributed by atoms with Crippen molar-refractivity contribution in [3.05, 3.63) is 47.7 Å². The number of fused-ring (bicyclic) bond motifs is 1. The molecule has 1 aromatic heterocycles. The number of halogens is 2. The van der Waals surface area contributed by atoms with Crippen LogP contribution in [0.4, 0.5) is 26.2 Å². The molecule has 6 heteroatoms. The molecule has 2 heterocycles. The van der Waals surface area contributed by atoms with Gasteiger partial charge >= 0.3 is 0 Å². The van der Waals surface area contributed by atoms with Crippen molar-refractivity contribution in [1.82, 2.24) is 9.97 Å². The lowest BCUT2D eigenvalue weighted by Gasteiger charge is -2.27. The first-order valence-corrected chi connectivity index (χ1v) is 7.69. The monoisotopic (exact) mass is 314 g/mol. The second kappa shape index (κ2) is 5.61. The highest BCUT2D eigenvalue weighted by molar-refractivity contribution is 5.69. The molecular weight excluding hydrogens is 298 g/mol. The first-order chi connectivity index (χ1) is 11.2. The molecule has 1 aliphatic heterocycles. The molecule has 1 N–H and O–H groups in total. The molecular formula is C17H16F2N4. The van der Waals surface area contributed by atoms with Crippen molar-refractivity contribution in [3.63, 3.8) is 0 Å². The second-order valence-electron chi connectivity index (χ2n) is 6.01. The molecule has 23 heavy (non-hydrogen) atoms. The van der Waals surface area contributed by atoms with E-state index in [1.165, 1.54) is 25.0 Å². The summed E-state index contributed by atoms with van der Waals surface area (Å²) in [6.07, 6.45) is 8.38. The number of benzene rings is 1. The van der Waals surface area contributed by atoms with E-state index in [4.69, 9.17) is 0 Å². The van der Waals surface area contributed by atoms with Crippen molar-refractivity contribution in [2.45, 2.75) is 12.8 Å². The van der Waals surface area contributed by atoms with Gasteiger partial charge < -0.3 is 10.2 Å². The van der Waals surface area contributed by atoms with Gasteiger partial charge in [0.2, 0.25) is 5.95 Å². The van der Waals surface area contributed by atoms with Crippen LogP contribution in [-0.4, -0.2) is 23.1 Å². The third kappa shape index (κ3) is 3.16. The summed E-state index contributed by atoms with van der Waals surface area (Å²) in [5, 5.41) is 2.87. The molecule has 2 aliphatic rings. The molecule has 1 fully saturated rings.